The lowest BCUT2D eigenvalue weighted by Gasteiger charge is -2.24. The van der Waals surface area contributed by atoms with Gasteiger partial charge in [-0.1, -0.05) is 12.8 Å². The van der Waals surface area contributed by atoms with Gasteiger partial charge in [0, 0.05) is 29.9 Å². The minimum Gasteiger partial charge on any atom is -0.478 e. The van der Waals surface area contributed by atoms with Gasteiger partial charge in [0.05, 0.1) is 11.1 Å². The van der Waals surface area contributed by atoms with Crippen LogP contribution in [-0.4, -0.2) is 29.1 Å². The first kappa shape index (κ1) is 13.9. The number of nitrogens with zero attached hydrogens (tertiary/aromatic N) is 2. The molecule has 1 aliphatic heterocycles. The maximum Gasteiger partial charge on any atom is 0.335 e. The molecule has 1 saturated heterocycles. The number of carboxylic acids is 1. The van der Waals surface area contributed by atoms with Gasteiger partial charge in [0.25, 0.3) is 0 Å². The van der Waals surface area contributed by atoms with E-state index in [9.17, 15) is 9.90 Å². The van der Waals surface area contributed by atoms with E-state index in [1.807, 2.05) is 13.0 Å². The van der Waals surface area contributed by atoms with Gasteiger partial charge >= 0.3 is 5.97 Å². The summed E-state index contributed by atoms with van der Waals surface area (Å²) in [7, 11) is 0. The molecule has 0 atom stereocenters. The van der Waals surface area contributed by atoms with Gasteiger partial charge in [-0.15, -0.1) is 0 Å². The number of anilines is 1. The normalized spacial score (nSPS) is 16.0. The number of carbonyl (C=O) groups is 1. The summed E-state index contributed by atoms with van der Waals surface area (Å²) in [5.74, 6) is -0.890. The Balaban J connectivity index is 2.14. The fourth-order valence-electron chi connectivity index (χ4n) is 3.04. The molecular weight excluding hydrogens is 264 g/mol. The molecular formula is C17H20N2O2. The van der Waals surface area contributed by atoms with E-state index in [1.165, 1.54) is 25.7 Å². The second-order valence-corrected chi connectivity index (χ2v) is 5.72. The topological polar surface area (TPSA) is 53.4 Å². The number of aromatic nitrogens is 1. The van der Waals surface area contributed by atoms with Crippen LogP contribution in [0, 0.1) is 6.92 Å². The van der Waals surface area contributed by atoms with E-state index in [2.05, 4.69) is 16.0 Å². The van der Waals surface area contributed by atoms with Crippen molar-refractivity contribution in [1.29, 1.82) is 0 Å². The van der Waals surface area contributed by atoms with Gasteiger partial charge in [-0.05, 0) is 44.0 Å². The summed E-state index contributed by atoms with van der Waals surface area (Å²) in [6, 6.07) is 7.28. The van der Waals surface area contributed by atoms with E-state index in [0.29, 0.717) is 5.56 Å². The predicted molar refractivity (Wildman–Crippen MR) is 84.1 cm³/mol. The number of hydrogen-bond donors (Lipinski definition) is 1. The molecule has 0 saturated carbocycles. The zero-order valence-electron chi connectivity index (χ0n) is 12.3. The van der Waals surface area contributed by atoms with Crippen molar-refractivity contribution in [3.05, 3.63) is 35.5 Å². The Labute approximate surface area is 124 Å². The number of aryl methyl sites for hydroxylation is 1. The van der Waals surface area contributed by atoms with Crippen LogP contribution in [-0.2, 0) is 0 Å². The van der Waals surface area contributed by atoms with Crippen molar-refractivity contribution in [3.8, 4) is 0 Å². The molecule has 1 aromatic heterocycles. The van der Waals surface area contributed by atoms with Crippen molar-refractivity contribution in [1.82, 2.24) is 4.98 Å². The van der Waals surface area contributed by atoms with Crippen LogP contribution in [0.2, 0.25) is 0 Å². The average molecular weight is 284 g/mol. The van der Waals surface area contributed by atoms with Crippen LogP contribution >= 0.6 is 0 Å². The van der Waals surface area contributed by atoms with Crippen LogP contribution in [0.4, 0.5) is 5.69 Å². The van der Waals surface area contributed by atoms with E-state index < -0.39 is 5.97 Å². The Kier molecular flexibility index (Phi) is 3.78. The van der Waals surface area contributed by atoms with Crippen molar-refractivity contribution in [2.75, 3.05) is 18.0 Å². The first-order valence-electron chi connectivity index (χ1n) is 7.55. The molecule has 4 nitrogen and oxygen atoms in total. The Hall–Kier alpha value is -2.10. The highest BCUT2D eigenvalue weighted by Crippen LogP contribution is 2.29. The molecule has 0 aliphatic carbocycles. The fourth-order valence-corrected chi connectivity index (χ4v) is 3.04. The summed E-state index contributed by atoms with van der Waals surface area (Å²) in [6.45, 7) is 4.07. The summed E-state index contributed by atoms with van der Waals surface area (Å²) in [6.07, 6.45) is 4.95. The second kappa shape index (κ2) is 5.72. The van der Waals surface area contributed by atoms with Crippen molar-refractivity contribution in [2.45, 2.75) is 32.6 Å². The Bertz CT molecular complexity index is 674. The summed E-state index contributed by atoms with van der Waals surface area (Å²) >= 11 is 0. The second-order valence-electron chi connectivity index (χ2n) is 5.72. The number of benzene rings is 1. The van der Waals surface area contributed by atoms with E-state index in [4.69, 9.17) is 0 Å². The first-order chi connectivity index (χ1) is 10.1. The smallest absolute Gasteiger partial charge is 0.335 e. The van der Waals surface area contributed by atoms with Crippen LogP contribution in [0.15, 0.2) is 24.3 Å². The van der Waals surface area contributed by atoms with E-state index in [-0.39, 0.29) is 0 Å². The van der Waals surface area contributed by atoms with E-state index >= 15 is 0 Å². The number of fused-ring (bicyclic) bond motifs is 1. The molecule has 1 aliphatic rings. The van der Waals surface area contributed by atoms with Crippen LogP contribution < -0.4 is 4.90 Å². The third-order valence-electron chi connectivity index (χ3n) is 4.11. The van der Waals surface area contributed by atoms with Crippen LogP contribution in [0.3, 0.4) is 0 Å². The van der Waals surface area contributed by atoms with Crippen LogP contribution in [0.25, 0.3) is 10.9 Å². The lowest BCUT2D eigenvalue weighted by molar-refractivity contribution is 0.0697. The number of rotatable bonds is 2. The van der Waals surface area contributed by atoms with E-state index in [0.717, 1.165) is 35.4 Å². The first-order valence-corrected chi connectivity index (χ1v) is 7.55. The molecule has 0 bridgehead atoms. The molecule has 2 aromatic rings. The van der Waals surface area contributed by atoms with Gasteiger partial charge in [0.2, 0.25) is 0 Å². The molecule has 1 N–H and O–H groups in total. The minimum absolute atomic E-state index is 0.323. The Morgan fingerprint density at radius 1 is 1.14 bits per heavy atom. The third-order valence-corrected chi connectivity index (χ3v) is 4.11. The van der Waals surface area contributed by atoms with Crippen molar-refractivity contribution in [3.63, 3.8) is 0 Å². The molecule has 0 unspecified atom stereocenters. The largest absolute Gasteiger partial charge is 0.478 e. The lowest BCUT2D eigenvalue weighted by atomic mass is 10.1. The van der Waals surface area contributed by atoms with Crippen LogP contribution in [0.5, 0.6) is 0 Å². The number of aromatic carboxylic acids is 1. The average Bonchev–Trinajstić information content (AvgIpc) is 2.74. The lowest BCUT2D eigenvalue weighted by Crippen LogP contribution is -2.24. The molecule has 1 fully saturated rings. The van der Waals surface area contributed by atoms with Gasteiger partial charge in [-0.2, -0.15) is 0 Å². The molecule has 3 rings (SSSR count). The minimum atomic E-state index is -0.890. The number of pyridine rings is 1. The maximum atomic E-state index is 11.2. The molecule has 21 heavy (non-hydrogen) atoms. The maximum absolute atomic E-state index is 11.2. The highest BCUT2D eigenvalue weighted by Gasteiger charge is 2.15. The molecule has 110 valence electrons. The molecule has 2 heterocycles. The van der Waals surface area contributed by atoms with Gasteiger partial charge in [-0.25, -0.2) is 4.79 Å². The highest BCUT2D eigenvalue weighted by molar-refractivity contribution is 5.98. The number of carboxylic acid groups (broad SMARTS) is 1. The third kappa shape index (κ3) is 2.84. The molecule has 0 radical (unpaired) electrons. The molecule has 0 amide bonds. The van der Waals surface area contributed by atoms with Crippen molar-refractivity contribution >= 4 is 22.6 Å². The quantitative estimate of drug-likeness (QED) is 0.915. The van der Waals surface area contributed by atoms with Gasteiger partial charge in [0.1, 0.15) is 0 Å². The summed E-state index contributed by atoms with van der Waals surface area (Å²) in [5.41, 5.74) is 3.30. The molecule has 4 heteroatoms. The summed E-state index contributed by atoms with van der Waals surface area (Å²) in [4.78, 5) is 18.1. The monoisotopic (exact) mass is 284 g/mol. The van der Waals surface area contributed by atoms with Crippen molar-refractivity contribution < 1.29 is 9.90 Å². The summed E-state index contributed by atoms with van der Waals surface area (Å²) < 4.78 is 0. The standard InChI is InChI=1S/C17H20N2O2/c1-12-10-16(19-8-4-2-3-5-9-19)14-11-13(17(20)21)6-7-15(14)18-12/h6-7,10-11H,2-5,8-9H2,1H3,(H,20,21). The number of hydrogen-bond acceptors (Lipinski definition) is 3. The fraction of sp³-hybridized carbons (Fsp3) is 0.412. The van der Waals surface area contributed by atoms with Gasteiger partial charge in [0.15, 0.2) is 0 Å². The zero-order chi connectivity index (χ0) is 14.8. The zero-order valence-corrected chi connectivity index (χ0v) is 12.3. The SMILES string of the molecule is Cc1cc(N2CCCCCC2)c2cc(C(=O)O)ccc2n1. The van der Waals surface area contributed by atoms with E-state index in [1.54, 1.807) is 12.1 Å². The Morgan fingerprint density at radius 3 is 2.52 bits per heavy atom. The van der Waals surface area contributed by atoms with Gasteiger partial charge in [-0.3, -0.25) is 4.98 Å². The van der Waals surface area contributed by atoms with Gasteiger partial charge < -0.3 is 10.0 Å². The van der Waals surface area contributed by atoms with Crippen molar-refractivity contribution in [2.24, 2.45) is 0 Å². The summed E-state index contributed by atoms with van der Waals surface area (Å²) in [5, 5.41) is 10.2. The molecule has 0 spiro atoms. The van der Waals surface area contributed by atoms with Crippen LogP contribution in [0.1, 0.15) is 41.7 Å². The highest BCUT2D eigenvalue weighted by atomic mass is 16.4. The molecule has 1 aromatic carbocycles. The predicted octanol–water partition coefficient (Wildman–Crippen LogP) is 3.62. The Morgan fingerprint density at radius 2 is 1.86 bits per heavy atom.